The quantitative estimate of drug-likeness (QED) is 0.711. The average molecular weight is 398 g/mol. The number of hydrogen-bond acceptors (Lipinski definition) is 5. The molecule has 0 bridgehead atoms. The number of imidazole rings is 1. The lowest BCUT2D eigenvalue weighted by atomic mass is 10.1. The van der Waals surface area contributed by atoms with Gasteiger partial charge in [0.15, 0.2) is 0 Å². The van der Waals surface area contributed by atoms with Gasteiger partial charge in [0.1, 0.15) is 10.7 Å². The number of nitrogens with zero attached hydrogens (tertiary/aromatic N) is 3. The molecule has 0 spiro atoms. The molecular formula is C20H23N5O2S. The van der Waals surface area contributed by atoms with Crippen molar-refractivity contribution in [2.75, 3.05) is 13.1 Å². The maximum Gasteiger partial charge on any atom is 0.263 e. The number of nitrogens with one attached hydrogen (secondary N) is 2. The predicted molar refractivity (Wildman–Crippen MR) is 109 cm³/mol. The van der Waals surface area contributed by atoms with Crippen LogP contribution in [0.25, 0.3) is 11.0 Å². The van der Waals surface area contributed by atoms with Gasteiger partial charge in [-0.15, -0.1) is 11.3 Å². The SMILES string of the molecule is Cc1nc2ccc(C(=O)N3CCCC(NC(=O)c4scnc4C)CC3)cc2[nH]1. The molecule has 28 heavy (non-hydrogen) atoms. The number of rotatable bonds is 3. The van der Waals surface area contributed by atoms with Crippen LogP contribution >= 0.6 is 11.3 Å². The molecule has 0 radical (unpaired) electrons. The summed E-state index contributed by atoms with van der Waals surface area (Å²) in [4.78, 5) is 39.7. The summed E-state index contributed by atoms with van der Waals surface area (Å²) in [6, 6.07) is 5.66. The molecule has 2 amide bonds. The highest BCUT2D eigenvalue weighted by molar-refractivity contribution is 7.11. The molecule has 0 aliphatic carbocycles. The van der Waals surface area contributed by atoms with Gasteiger partial charge in [-0.05, 0) is 51.3 Å². The molecule has 0 saturated carbocycles. The van der Waals surface area contributed by atoms with Gasteiger partial charge < -0.3 is 15.2 Å². The van der Waals surface area contributed by atoms with Gasteiger partial charge in [-0.2, -0.15) is 0 Å². The molecule has 1 aliphatic rings. The zero-order chi connectivity index (χ0) is 19.7. The van der Waals surface area contributed by atoms with Crippen LogP contribution in [0.1, 0.15) is 50.8 Å². The van der Waals surface area contributed by atoms with E-state index < -0.39 is 0 Å². The van der Waals surface area contributed by atoms with Crippen molar-refractivity contribution < 1.29 is 9.59 Å². The molecule has 1 atom stereocenters. The topological polar surface area (TPSA) is 91.0 Å². The summed E-state index contributed by atoms with van der Waals surface area (Å²) in [5.41, 5.74) is 4.86. The summed E-state index contributed by atoms with van der Waals surface area (Å²) in [7, 11) is 0. The molecule has 3 aromatic rings. The second-order valence-electron chi connectivity index (χ2n) is 7.21. The number of likely N-dealkylation sites (tertiary alicyclic amines) is 1. The molecule has 1 fully saturated rings. The minimum atomic E-state index is -0.0650. The second kappa shape index (κ2) is 7.71. The maximum atomic E-state index is 13.0. The van der Waals surface area contributed by atoms with E-state index in [1.807, 2.05) is 36.9 Å². The zero-order valence-corrected chi connectivity index (χ0v) is 16.8. The summed E-state index contributed by atoms with van der Waals surface area (Å²) in [6.07, 6.45) is 2.48. The molecule has 1 aliphatic heterocycles. The summed E-state index contributed by atoms with van der Waals surface area (Å²) in [5, 5.41) is 3.11. The van der Waals surface area contributed by atoms with Gasteiger partial charge in [-0.3, -0.25) is 9.59 Å². The van der Waals surface area contributed by atoms with Crippen LogP contribution in [0, 0.1) is 13.8 Å². The van der Waals surface area contributed by atoms with E-state index in [4.69, 9.17) is 0 Å². The summed E-state index contributed by atoms with van der Waals surface area (Å²) in [5.74, 6) is 0.799. The lowest BCUT2D eigenvalue weighted by molar-refractivity contribution is 0.0761. The van der Waals surface area contributed by atoms with Crippen molar-refractivity contribution in [1.82, 2.24) is 25.2 Å². The second-order valence-corrected chi connectivity index (χ2v) is 8.07. The third kappa shape index (κ3) is 3.77. The highest BCUT2D eigenvalue weighted by atomic mass is 32.1. The van der Waals surface area contributed by atoms with E-state index in [1.54, 1.807) is 5.51 Å². The molecule has 1 aromatic carbocycles. The first-order chi connectivity index (χ1) is 13.5. The van der Waals surface area contributed by atoms with Crippen LogP contribution in [0.4, 0.5) is 0 Å². The Labute approximate surface area is 167 Å². The van der Waals surface area contributed by atoms with Gasteiger partial charge in [-0.25, -0.2) is 9.97 Å². The molecule has 1 saturated heterocycles. The number of aryl methyl sites for hydroxylation is 2. The molecule has 146 valence electrons. The Morgan fingerprint density at radius 1 is 1.25 bits per heavy atom. The summed E-state index contributed by atoms with van der Waals surface area (Å²) >= 11 is 1.36. The summed E-state index contributed by atoms with van der Waals surface area (Å²) in [6.45, 7) is 5.08. The fraction of sp³-hybridized carbons (Fsp3) is 0.400. The smallest absolute Gasteiger partial charge is 0.263 e. The monoisotopic (exact) mass is 397 g/mol. The predicted octanol–water partition coefficient (Wildman–Crippen LogP) is 3.06. The van der Waals surface area contributed by atoms with Crippen molar-refractivity contribution in [2.45, 2.75) is 39.2 Å². The van der Waals surface area contributed by atoms with Crippen LogP contribution in [0.5, 0.6) is 0 Å². The third-order valence-electron chi connectivity index (χ3n) is 5.15. The van der Waals surface area contributed by atoms with Crippen molar-refractivity contribution in [3.05, 3.63) is 45.7 Å². The lowest BCUT2D eigenvalue weighted by Crippen LogP contribution is -2.36. The average Bonchev–Trinajstić information content (AvgIpc) is 3.19. The van der Waals surface area contributed by atoms with Crippen LogP contribution in [0.15, 0.2) is 23.7 Å². The van der Waals surface area contributed by atoms with Crippen molar-refractivity contribution in [3.63, 3.8) is 0 Å². The minimum Gasteiger partial charge on any atom is -0.348 e. The van der Waals surface area contributed by atoms with E-state index in [2.05, 4.69) is 20.3 Å². The summed E-state index contributed by atoms with van der Waals surface area (Å²) < 4.78 is 0. The highest BCUT2D eigenvalue weighted by Gasteiger charge is 2.24. The molecule has 1 unspecified atom stereocenters. The first-order valence-electron chi connectivity index (χ1n) is 9.48. The normalized spacial score (nSPS) is 17.5. The number of benzene rings is 1. The number of aromatic amines is 1. The number of carbonyl (C=O) groups is 2. The Kier molecular flexibility index (Phi) is 5.13. The van der Waals surface area contributed by atoms with Crippen molar-refractivity contribution in [1.29, 1.82) is 0 Å². The largest absolute Gasteiger partial charge is 0.348 e. The first-order valence-corrected chi connectivity index (χ1v) is 10.4. The van der Waals surface area contributed by atoms with Crippen LogP contribution in [0.3, 0.4) is 0 Å². The molecule has 8 heteroatoms. The Bertz CT molecular complexity index is 1020. The number of aromatic nitrogens is 3. The van der Waals surface area contributed by atoms with E-state index in [0.29, 0.717) is 23.5 Å². The van der Waals surface area contributed by atoms with Gasteiger partial charge in [0, 0.05) is 24.7 Å². The number of amides is 2. The van der Waals surface area contributed by atoms with Crippen molar-refractivity contribution >= 4 is 34.2 Å². The fourth-order valence-electron chi connectivity index (χ4n) is 3.67. The van der Waals surface area contributed by atoms with Crippen LogP contribution in [0.2, 0.25) is 0 Å². The van der Waals surface area contributed by atoms with Gasteiger partial charge in [0.2, 0.25) is 0 Å². The fourth-order valence-corrected chi connectivity index (χ4v) is 4.37. The number of carbonyl (C=O) groups excluding carboxylic acids is 2. The molecule has 7 nitrogen and oxygen atoms in total. The third-order valence-corrected chi connectivity index (χ3v) is 6.08. The number of thiazole rings is 1. The van der Waals surface area contributed by atoms with Crippen molar-refractivity contribution in [3.8, 4) is 0 Å². The number of hydrogen-bond donors (Lipinski definition) is 2. The highest BCUT2D eigenvalue weighted by Crippen LogP contribution is 2.19. The molecule has 2 N–H and O–H groups in total. The Hall–Kier alpha value is -2.74. The van der Waals surface area contributed by atoms with Gasteiger partial charge in [-0.1, -0.05) is 0 Å². The van der Waals surface area contributed by atoms with Crippen LogP contribution in [-0.2, 0) is 0 Å². The standard InChI is InChI=1S/C20H23N5O2S/c1-12-18(28-11-21-12)19(26)24-15-4-3-8-25(9-7-15)20(27)14-5-6-16-17(10-14)23-13(2)22-16/h5-6,10-11,15H,3-4,7-9H2,1-2H3,(H,22,23)(H,24,26). The van der Waals surface area contributed by atoms with E-state index in [-0.39, 0.29) is 17.9 Å². The maximum absolute atomic E-state index is 13.0. The van der Waals surface area contributed by atoms with E-state index in [0.717, 1.165) is 41.8 Å². The lowest BCUT2D eigenvalue weighted by Gasteiger charge is -2.21. The Morgan fingerprint density at radius 3 is 2.89 bits per heavy atom. The number of H-pyrrole nitrogens is 1. The minimum absolute atomic E-state index is 0.0273. The molecule has 2 aromatic heterocycles. The van der Waals surface area contributed by atoms with Gasteiger partial charge >= 0.3 is 0 Å². The number of fused-ring (bicyclic) bond motifs is 1. The Morgan fingerprint density at radius 2 is 2.11 bits per heavy atom. The van der Waals surface area contributed by atoms with E-state index in [9.17, 15) is 9.59 Å². The van der Waals surface area contributed by atoms with E-state index in [1.165, 1.54) is 11.3 Å². The van der Waals surface area contributed by atoms with Crippen LogP contribution < -0.4 is 5.32 Å². The molecule has 4 rings (SSSR count). The zero-order valence-electron chi connectivity index (χ0n) is 16.0. The first kappa shape index (κ1) is 18.6. The van der Waals surface area contributed by atoms with Gasteiger partial charge in [0.05, 0.1) is 22.2 Å². The van der Waals surface area contributed by atoms with E-state index >= 15 is 0 Å². The molecule has 3 heterocycles. The van der Waals surface area contributed by atoms with Gasteiger partial charge in [0.25, 0.3) is 11.8 Å². The Balaban J connectivity index is 1.40. The van der Waals surface area contributed by atoms with Crippen molar-refractivity contribution in [2.24, 2.45) is 0 Å². The van der Waals surface area contributed by atoms with Crippen LogP contribution in [-0.4, -0.2) is 50.8 Å². The molecular weight excluding hydrogens is 374 g/mol.